The highest BCUT2D eigenvalue weighted by Crippen LogP contribution is 2.40. The summed E-state index contributed by atoms with van der Waals surface area (Å²) in [5.41, 5.74) is -0.518. The Morgan fingerprint density at radius 1 is 1.19 bits per heavy atom. The molecular weight excluding hydrogens is 576 g/mol. The quantitative estimate of drug-likeness (QED) is 0.247. The Bertz CT molecular complexity index is 1530. The van der Waals surface area contributed by atoms with Crippen LogP contribution in [-0.2, 0) is 23.3 Å². The molecule has 0 aliphatic carbocycles. The molecule has 0 spiro atoms. The molecule has 2 N–H and O–H groups in total. The number of halogens is 3. The first kappa shape index (κ1) is 32.5. The van der Waals surface area contributed by atoms with Crippen molar-refractivity contribution in [3.63, 3.8) is 0 Å². The Morgan fingerprint density at radius 3 is 2.47 bits per heavy atom. The highest BCUT2D eigenvalue weighted by atomic mass is 35.5. The number of rotatable bonds is 9. The summed E-state index contributed by atoms with van der Waals surface area (Å²) in [6, 6.07) is 7.76. The summed E-state index contributed by atoms with van der Waals surface area (Å²) in [6.07, 6.45) is 0.170. The maximum absolute atomic E-state index is 16.0. The average Bonchev–Trinajstić information content (AvgIpc) is 3.29. The lowest BCUT2D eigenvalue weighted by Gasteiger charge is -2.43. The van der Waals surface area contributed by atoms with E-state index in [0.717, 1.165) is 5.69 Å². The fraction of sp³-hybridized carbons (Fsp3) is 0.500. The van der Waals surface area contributed by atoms with Crippen molar-refractivity contribution in [3.05, 3.63) is 69.5 Å². The van der Waals surface area contributed by atoms with Crippen LogP contribution in [0.3, 0.4) is 0 Å². The van der Waals surface area contributed by atoms with Crippen LogP contribution in [0.25, 0.3) is 0 Å². The predicted octanol–water partition coefficient (Wildman–Crippen LogP) is 7.15. The number of likely N-dealkylation sites (tertiary alicyclic amines) is 1. The highest BCUT2D eigenvalue weighted by Gasteiger charge is 2.45. The molecule has 1 aliphatic heterocycles. The minimum absolute atomic E-state index is 0.0316. The Hall–Kier alpha value is -3.37. The number of carbonyl (C=O) groups is 2. The lowest BCUT2D eigenvalue weighted by molar-refractivity contribution is -0.153. The molecule has 1 aliphatic rings. The smallest absolute Gasteiger partial charge is 0.310 e. The fourth-order valence-corrected chi connectivity index (χ4v) is 6.04. The third-order valence-electron chi connectivity index (χ3n) is 8.15. The minimum Gasteiger partial charge on any atom is -0.481 e. The van der Waals surface area contributed by atoms with E-state index in [2.05, 4.69) is 15.4 Å². The van der Waals surface area contributed by atoms with Crippen molar-refractivity contribution in [3.8, 4) is 0 Å². The first-order valence-electron chi connectivity index (χ1n) is 14.5. The number of hydrogen-bond acceptors (Lipinski definition) is 6. The third kappa shape index (κ3) is 6.91. The van der Waals surface area contributed by atoms with Crippen molar-refractivity contribution >= 4 is 35.0 Å². The van der Waals surface area contributed by atoms with Crippen LogP contribution in [0.5, 0.6) is 0 Å². The van der Waals surface area contributed by atoms with E-state index >= 15 is 4.39 Å². The number of carboxylic acids is 1. The summed E-state index contributed by atoms with van der Waals surface area (Å²) < 4.78 is 32.4. The van der Waals surface area contributed by atoms with E-state index in [9.17, 15) is 19.1 Å². The number of carbonyl (C=O) groups excluding carboxylic acids is 1. The molecule has 232 valence electrons. The lowest BCUT2D eigenvalue weighted by Crippen LogP contribution is -2.50. The Kier molecular flexibility index (Phi) is 9.32. The number of pyridine rings is 1. The van der Waals surface area contributed by atoms with Crippen LogP contribution in [0.2, 0.25) is 5.02 Å². The first-order chi connectivity index (χ1) is 20.0. The van der Waals surface area contributed by atoms with Gasteiger partial charge < -0.3 is 10.4 Å². The van der Waals surface area contributed by atoms with Gasteiger partial charge in [-0.3, -0.25) is 19.2 Å². The largest absolute Gasteiger partial charge is 0.481 e. The van der Waals surface area contributed by atoms with E-state index in [1.54, 1.807) is 26.0 Å². The molecular formula is C32H40ClF2N5O3. The van der Waals surface area contributed by atoms with Gasteiger partial charge in [-0.05, 0) is 66.1 Å². The average molecular weight is 616 g/mol. The Morgan fingerprint density at radius 2 is 1.88 bits per heavy atom. The van der Waals surface area contributed by atoms with Crippen LogP contribution in [0.1, 0.15) is 81.7 Å². The van der Waals surface area contributed by atoms with Gasteiger partial charge in [-0.2, -0.15) is 5.10 Å². The van der Waals surface area contributed by atoms with Crippen molar-refractivity contribution in [2.24, 2.45) is 11.3 Å². The number of piperidine rings is 1. The number of carboxylic acid groups (broad SMARTS) is 1. The van der Waals surface area contributed by atoms with Gasteiger partial charge in [0.1, 0.15) is 11.6 Å². The summed E-state index contributed by atoms with van der Waals surface area (Å²) in [5.74, 6) is -2.57. The summed E-state index contributed by atoms with van der Waals surface area (Å²) in [7, 11) is 0. The molecule has 0 bridgehead atoms. The molecule has 3 heterocycles. The molecule has 8 nitrogen and oxygen atoms in total. The van der Waals surface area contributed by atoms with Crippen molar-refractivity contribution in [2.45, 2.75) is 85.9 Å². The van der Waals surface area contributed by atoms with E-state index < -0.39 is 34.7 Å². The Balaban J connectivity index is 1.66. The van der Waals surface area contributed by atoms with E-state index in [-0.39, 0.29) is 59.5 Å². The van der Waals surface area contributed by atoms with E-state index in [1.165, 1.54) is 12.1 Å². The number of nitrogens with one attached hydrogen (secondary N) is 1. The maximum atomic E-state index is 16.0. The van der Waals surface area contributed by atoms with Crippen molar-refractivity contribution < 1.29 is 23.5 Å². The molecule has 0 saturated carbocycles. The first-order valence-corrected chi connectivity index (χ1v) is 14.9. The number of Topliss-reactive ketones (excluding diaryl/α,β-unsaturated/α-hetero) is 1. The normalized spacial score (nSPS) is 19.6. The zero-order chi connectivity index (χ0) is 31.9. The molecule has 0 amide bonds. The predicted molar refractivity (Wildman–Crippen MR) is 163 cm³/mol. The molecule has 4 rings (SSSR count). The molecule has 11 heteroatoms. The summed E-state index contributed by atoms with van der Waals surface area (Å²) in [6.45, 7) is 13.8. The number of hydrogen-bond donors (Lipinski definition) is 2. The lowest BCUT2D eigenvalue weighted by atomic mass is 9.72. The summed E-state index contributed by atoms with van der Waals surface area (Å²) in [5, 5.41) is 18.2. The molecule has 43 heavy (non-hydrogen) atoms. The molecule has 1 fully saturated rings. The SMILES string of the molecule is Cc1cc(Nc2cc(C(=O)C(C)C)c(F)c(C[C@@]3(C(=O)O)CCN(Cc4cccc(Cl)c4F)[C@H](C)C3)n2)nn1C(C)(C)C. The Labute approximate surface area is 256 Å². The maximum Gasteiger partial charge on any atom is 0.310 e. The van der Waals surface area contributed by atoms with Gasteiger partial charge in [0.05, 0.1) is 27.2 Å². The van der Waals surface area contributed by atoms with Crippen LogP contribution in [0.15, 0.2) is 30.3 Å². The molecule has 2 atom stereocenters. The molecule has 3 aromatic rings. The van der Waals surface area contributed by atoms with Crippen LogP contribution in [-0.4, -0.2) is 49.1 Å². The minimum atomic E-state index is -1.34. The molecule has 1 aromatic carbocycles. The number of nitrogens with zero attached hydrogens (tertiary/aromatic N) is 4. The molecule has 1 saturated heterocycles. The summed E-state index contributed by atoms with van der Waals surface area (Å²) >= 11 is 5.96. The van der Waals surface area contributed by atoms with Crippen LogP contribution in [0.4, 0.5) is 20.4 Å². The van der Waals surface area contributed by atoms with Gasteiger partial charge in [0.15, 0.2) is 17.4 Å². The van der Waals surface area contributed by atoms with E-state index in [0.29, 0.717) is 17.9 Å². The van der Waals surface area contributed by atoms with E-state index in [4.69, 9.17) is 11.6 Å². The third-order valence-corrected chi connectivity index (χ3v) is 8.44. The van der Waals surface area contributed by atoms with Crippen LogP contribution in [0, 0.1) is 29.9 Å². The second kappa shape index (κ2) is 12.3. The number of aryl methyl sites for hydroxylation is 1. The molecule has 0 radical (unpaired) electrons. The van der Waals surface area contributed by atoms with Gasteiger partial charge in [0.25, 0.3) is 0 Å². The van der Waals surface area contributed by atoms with Gasteiger partial charge in [-0.25, -0.2) is 13.8 Å². The van der Waals surface area contributed by atoms with Crippen molar-refractivity contribution in [1.29, 1.82) is 0 Å². The monoisotopic (exact) mass is 615 g/mol. The zero-order valence-electron chi connectivity index (χ0n) is 25.8. The number of aromatic nitrogens is 3. The van der Waals surface area contributed by atoms with Gasteiger partial charge in [0, 0.05) is 42.2 Å². The second-order valence-corrected chi connectivity index (χ2v) is 13.4. The standard InChI is InChI=1S/C32H40ClF2N5O3/c1-18(2)29(41)22-14-25(37-26-13-19(3)40(38-26)31(5,6)7)36-24(28(22)35)16-32(30(42)43)11-12-39(20(4)15-32)17-21-9-8-10-23(33)27(21)34/h8-10,13-14,18,20H,11-12,15-17H2,1-7H3,(H,42,43)(H,36,37,38)/t20-,32-/m1/s1. The van der Waals surface area contributed by atoms with Crippen LogP contribution >= 0.6 is 11.6 Å². The van der Waals surface area contributed by atoms with Gasteiger partial charge in [-0.1, -0.05) is 37.6 Å². The van der Waals surface area contributed by atoms with Crippen molar-refractivity contribution in [2.75, 3.05) is 11.9 Å². The topological polar surface area (TPSA) is 100 Å². The van der Waals surface area contributed by atoms with Crippen molar-refractivity contribution in [1.82, 2.24) is 19.7 Å². The zero-order valence-corrected chi connectivity index (χ0v) is 26.5. The van der Waals surface area contributed by atoms with Gasteiger partial charge in [-0.15, -0.1) is 0 Å². The number of anilines is 2. The summed E-state index contributed by atoms with van der Waals surface area (Å²) in [4.78, 5) is 32.4. The number of ketones is 1. The van der Waals surface area contributed by atoms with Gasteiger partial charge >= 0.3 is 5.97 Å². The highest BCUT2D eigenvalue weighted by molar-refractivity contribution is 6.30. The second-order valence-electron chi connectivity index (χ2n) is 13.0. The fourth-order valence-electron chi connectivity index (χ4n) is 5.85. The number of benzene rings is 1. The molecule has 0 unspecified atom stereocenters. The van der Waals surface area contributed by atoms with E-state index in [1.807, 2.05) is 50.3 Å². The van der Waals surface area contributed by atoms with Gasteiger partial charge in [0.2, 0.25) is 0 Å². The van der Waals surface area contributed by atoms with Crippen LogP contribution < -0.4 is 5.32 Å². The molecule has 2 aromatic heterocycles. The number of aliphatic carboxylic acids is 1.